The Balaban J connectivity index is 0.000000197. The molecule has 6 aromatic carbocycles. The standard InChI is InChI=1S/C25H18Cl5NO5.C13H8ClNO3.C12H11BrCl4O2/c26-15-2-7-21-22(12-15)36-25(31-21)35-17-5-3-16(4-6-17)32-9-1-10-34-24-19(27)13-18(14-20(24)28)33-11-8-23(29)30;14-8-1-6-11-12(7-8)18-13(15-11)17-10-4-2-9(16)3-5-10;13-3-1-4-19-12-9(14)6-8(7-10(12)15)18-5-2-11(16)17/h2-8,12-14H,1,9-11H2;1-7,16H;2,6-7H,1,3-5H2. The van der Waals surface area contributed by atoms with Gasteiger partial charge in [-0.3, -0.25) is 0 Å². The molecule has 8 aromatic rings. The molecular weight excluding hydrogens is 1220 g/mol. The third-order valence-electron chi connectivity index (χ3n) is 8.98. The number of rotatable bonds is 20. The van der Waals surface area contributed by atoms with E-state index in [9.17, 15) is 0 Å². The number of aromatic nitrogens is 2. The van der Waals surface area contributed by atoms with Crippen molar-refractivity contribution in [1.82, 2.24) is 9.97 Å². The molecule has 0 atom stereocenters. The van der Waals surface area contributed by atoms with Crippen LogP contribution < -0.4 is 33.2 Å². The molecule has 384 valence electrons. The molecule has 0 aliphatic carbocycles. The first-order chi connectivity index (χ1) is 35.1. The normalized spacial score (nSPS) is 10.6. The summed E-state index contributed by atoms with van der Waals surface area (Å²) in [6.45, 7) is 1.74. The summed E-state index contributed by atoms with van der Waals surface area (Å²) in [5.74, 6) is 3.77. The number of phenolic OH excluding ortho intramolecular Hbond substituents is 1. The van der Waals surface area contributed by atoms with E-state index in [2.05, 4.69) is 25.9 Å². The highest BCUT2D eigenvalue weighted by Crippen LogP contribution is 2.39. The Labute approximate surface area is 477 Å². The molecule has 2 heterocycles. The quantitative estimate of drug-likeness (QED) is 0.0574. The van der Waals surface area contributed by atoms with Crippen LogP contribution in [0.5, 0.6) is 58.1 Å². The number of alkyl halides is 1. The highest BCUT2D eigenvalue weighted by atomic mass is 79.9. The Kier molecular flexibility index (Phi) is 23.4. The predicted octanol–water partition coefficient (Wildman–Crippen LogP) is 19.0. The summed E-state index contributed by atoms with van der Waals surface area (Å²) in [5, 5.41) is 12.6. The van der Waals surface area contributed by atoms with Crippen LogP contribution in [-0.4, -0.2) is 53.4 Å². The predicted molar refractivity (Wildman–Crippen MR) is 296 cm³/mol. The van der Waals surface area contributed by atoms with Crippen LogP contribution in [0.4, 0.5) is 0 Å². The number of hydrogen-bond donors (Lipinski definition) is 1. The average Bonchev–Trinajstić information content (AvgIpc) is 3.94. The third kappa shape index (κ3) is 19.3. The maximum absolute atomic E-state index is 9.16. The van der Waals surface area contributed by atoms with Crippen molar-refractivity contribution in [3.8, 4) is 58.1 Å². The van der Waals surface area contributed by atoms with Crippen molar-refractivity contribution < 1.29 is 47.1 Å². The Hall–Kier alpha value is -4.48. The van der Waals surface area contributed by atoms with E-state index in [4.69, 9.17) is 163 Å². The van der Waals surface area contributed by atoms with Gasteiger partial charge in [0.25, 0.3) is 0 Å². The van der Waals surface area contributed by atoms with Gasteiger partial charge in [0.2, 0.25) is 0 Å². The lowest BCUT2D eigenvalue weighted by atomic mass is 10.3. The van der Waals surface area contributed by atoms with Gasteiger partial charge >= 0.3 is 12.2 Å². The van der Waals surface area contributed by atoms with Gasteiger partial charge in [-0.25, -0.2) is 0 Å². The number of aromatic hydroxyl groups is 1. The molecule has 1 N–H and O–H groups in total. The molecule has 12 nitrogen and oxygen atoms in total. The molecule has 0 unspecified atom stereocenters. The summed E-state index contributed by atoms with van der Waals surface area (Å²) in [5.41, 5.74) is 2.45. The van der Waals surface area contributed by atoms with Crippen molar-refractivity contribution >= 4 is 154 Å². The van der Waals surface area contributed by atoms with Crippen LogP contribution in [0.25, 0.3) is 22.2 Å². The Morgan fingerprint density at radius 3 is 1.30 bits per heavy atom. The monoisotopic (exact) mass is 1250 g/mol. The molecule has 0 saturated carbocycles. The van der Waals surface area contributed by atoms with Crippen molar-refractivity contribution in [1.29, 1.82) is 0 Å². The zero-order valence-corrected chi connectivity index (χ0v) is 46.5. The fourth-order valence-electron chi connectivity index (χ4n) is 5.73. The SMILES string of the molecule is ClC(Cl)=CCOc1cc(Cl)c(OCCCBr)c(Cl)c1.ClC(Cl)=CCOc1cc(Cl)c(OCCCOc2ccc(Oc3nc4ccc(Cl)cc4o3)cc2)c(Cl)c1.Oc1ccc(Oc2nc3ccc(Cl)cc3o2)cc1. The summed E-state index contributed by atoms with van der Waals surface area (Å²) in [6.07, 6.45) is 4.76. The first-order valence-electron chi connectivity index (χ1n) is 21.2. The van der Waals surface area contributed by atoms with Gasteiger partial charge in [0.05, 0.1) is 39.9 Å². The topological polar surface area (TPSA) is 137 Å². The summed E-state index contributed by atoms with van der Waals surface area (Å²) in [4.78, 5) is 8.43. The molecule has 0 aliphatic rings. The molecule has 23 heteroatoms. The minimum absolute atomic E-state index is 0.115. The number of fused-ring (bicyclic) bond motifs is 2. The van der Waals surface area contributed by atoms with Crippen molar-refractivity contribution in [2.45, 2.75) is 12.8 Å². The van der Waals surface area contributed by atoms with Gasteiger partial charge in [-0.15, -0.1) is 0 Å². The van der Waals surface area contributed by atoms with Crippen LogP contribution in [0.15, 0.2) is 139 Å². The van der Waals surface area contributed by atoms with Crippen molar-refractivity contribution in [2.24, 2.45) is 0 Å². The van der Waals surface area contributed by atoms with Gasteiger partial charge in [-0.05, 0) is 91.4 Å². The minimum Gasteiger partial charge on any atom is -0.508 e. The number of nitrogens with zero attached hydrogens (tertiary/aromatic N) is 2. The van der Waals surface area contributed by atoms with Crippen molar-refractivity contribution in [2.75, 3.05) is 38.4 Å². The lowest BCUT2D eigenvalue weighted by molar-refractivity contribution is 0.247. The molecule has 73 heavy (non-hydrogen) atoms. The number of hydrogen-bond acceptors (Lipinski definition) is 12. The molecule has 0 amide bonds. The maximum Gasteiger partial charge on any atom is 0.400 e. The number of benzene rings is 6. The molecular formula is C50H37BrCl10N2O10. The van der Waals surface area contributed by atoms with E-state index in [1.165, 1.54) is 24.3 Å². The number of phenols is 1. The zero-order valence-electron chi connectivity index (χ0n) is 37.4. The zero-order chi connectivity index (χ0) is 52.3. The maximum atomic E-state index is 9.16. The molecule has 8 rings (SSSR count). The number of oxazole rings is 2. The van der Waals surface area contributed by atoms with Crippen LogP contribution in [0.3, 0.4) is 0 Å². The van der Waals surface area contributed by atoms with E-state index >= 15 is 0 Å². The van der Waals surface area contributed by atoms with E-state index in [-0.39, 0.29) is 40.1 Å². The molecule has 0 saturated heterocycles. The Morgan fingerprint density at radius 2 is 0.877 bits per heavy atom. The van der Waals surface area contributed by atoms with Gasteiger partial charge in [-0.2, -0.15) is 9.97 Å². The second-order valence-corrected chi connectivity index (χ2v) is 19.6. The highest BCUT2D eigenvalue weighted by molar-refractivity contribution is 9.09. The van der Waals surface area contributed by atoms with Gasteiger partial charge in [0, 0.05) is 58.2 Å². The van der Waals surface area contributed by atoms with Crippen LogP contribution >= 0.6 is 132 Å². The van der Waals surface area contributed by atoms with E-state index < -0.39 is 0 Å². The van der Waals surface area contributed by atoms with E-state index in [0.717, 1.165) is 11.8 Å². The van der Waals surface area contributed by atoms with Crippen LogP contribution in [0, 0.1) is 0 Å². The first kappa shape index (κ1) is 57.8. The fraction of sp³-hybridized carbons (Fsp3) is 0.160. The summed E-state index contributed by atoms with van der Waals surface area (Å²) >= 11 is 61.9. The number of ether oxygens (including phenoxy) is 7. The summed E-state index contributed by atoms with van der Waals surface area (Å²) in [6, 6.07) is 30.2. The van der Waals surface area contributed by atoms with E-state index in [1.54, 1.807) is 97.1 Å². The van der Waals surface area contributed by atoms with Gasteiger partial charge in [0.1, 0.15) is 67.7 Å². The van der Waals surface area contributed by atoms with Crippen LogP contribution in [-0.2, 0) is 0 Å². The minimum atomic E-state index is 0.115. The summed E-state index contributed by atoms with van der Waals surface area (Å²) in [7, 11) is 0. The van der Waals surface area contributed by atoms with Crippen molar-refractivity contribution in [3.63, 3.8) is 0 Å². The second-order valence-electron chi connectivity index (χ2n) is 14.3. The average molecular weight is 1260 g/mol. The lowest BCUT2D eigenvalue weighted by Crippen LogP contribution is -2.05. The molecule has 2 aromatic heterocycles. The Morgan fingerprint density at radius 1 is 0.479 bits per heavy atom. The summed E-state index contributed by atoms with van der Waals surface area (Å²) < 4.78 is 50.1. The van der Waals surface area contributed by atoms with Crippen molar-refractivity contribution in [3.05, 3.63) is 160 Å². The van der Waals surface area contributed by atoms with E-state index in [0.29, 0.717) is 119 Å². The fourth-order valence-corrected chi connectivity index (χ4v) is 7.69. The van der Waals surface area contributed by atoms with Gasteiger partial charge < -0.3 is 47.1 Å². The second kappa shape index (κ2) is 29.6. The highest BCUT2D eigenvalue weighted by Gasteiger charge is 2.14. The molecule has 0 bridgehead atoms. The van der Waals surface area contributed by atoms with Crippen LogP contribution in [0.1, 0.15) is 12.8 Å². The number of halogens is 11. The molecule has 0 spiro atoms. The Bertz CT molecular complexity index is 3070. The third-order valence-corrected chi connectivity index (χ3v) is 11.8. The smallest absolute Gasteiger partial charge is 0.400 e. The van der Waals surface area contributed by atoms with Gasteiger partial charge in [-0.1, -0.05) is 132 Å². The largest absolute Gasteiger partial charge is 0.508 e. The molecule has 0 fully saturated rings. The van der Waals surface area contributed by atoms with Crippen LogP contribution in [0.2, 0.25) is 30.1 Å². The molecule has 0 radical (unpaired) electrons. The first-order valence-corrected chi connectivity index (χ1v) is 26.1. The lowest BCUT2D eigenvalue weighted by Gasteiger charge is -2.12. The molecule has 0 aliphatic heterocycles. The van der Waals surface area contributed by atoms with E-state index in [1.807, 2.05) is 0 Å². The van der Waals surface area contributed by atoms with Gasteiger partial charge in [0.15, 0.2) is 22.7 Å².